The molecule has 1 aromatic carbocycles. The number of hydrogen-bond acceptors (Lipinski definition) is 3. The lowest BCUT2D eigenvalue weighted by molar-refractivity contribution is 0.0625. The van der Waals surface area contributed by atoms with Gasteiger partial charge in [-0.25, -0.2) is 4.39 Å². The van der Waals surface area contributed by atoms with E-state index in [0.717, 1.165) is 51.5 Å². The zero-order valence-corrected chi connectivity index (χ0v) is 15.2. The predicted octanol–water partition coefficient (Wildman–Crippen LogP) is 2.57. The van der Waals surface area contributed by atoms with Gasteiger partial charge in [0.15, 0.2) is 5.96 Å². The number of aliphatic hydroxyl groups excluding tert-OH is 1. The van der Waals surface area contributed by atoms with Crippen molar-refractivity contribution in [2.24, 2.45) is 10.9 Å². The fourth-order valence-electron chi connectivity index (χ4n) is 3.00. The van der Waals surface area contributed by atoms with Crippen LogP contribution in [0.15, 0.2) is 29.3 Å². The van der Waals surface area contributed by atoms with E-state index in [1.54, 1.807) is 18.2 Å². The molecule has 0 bridgehead atoms. The fraction of sp³-hybridized carbons (Fsp3) is 0.632. The average molecular weight is 351 g/mol. The first-order valence-corrected chi connectivity index (χ1v) is 9.11. The molecule has 1 atom stereocenters. The van der Waals surface area contributed by atoms with Crippen LogP contribution in [0.2, 0.25) is 0 Å². The van der Waals surface area contributed by atoms with E-state index in [2.05, 4.69) is 15.2 Å². The molecule has 0 saturated carbocycles. The van der Waals surface area contributed by atoms with Gasteiger partial charge in [-0.15, -0.1) is 0 Å². The lowest BCUT2D eigenvalue weighted by Gasteiger charge is -2.27. The number of guanidine groups is 1. The number of benzene rings is 1. The first kappa shape index (κ1) is 19.7. The van der Waals surface area contributed by atoms with E-state index in [-0.39, 0.29) is 12.1 Å². The fourth-order valence-corrected chi connectivity index (χ4v) is 3.00. The third-order valence-electron chi connectivity index (χ3n) is 4.59. The number of hydrogen-bond donors (Lipinski definition) is 2. The molecule has 5 nitrogen and oxygen atoms in total. The summed E-state index contributed by atoms with van der Waals surface area (Å²) in [5.74, 6) is 1.04. The number of nitrogens with zero attached hydrogens (tertiary/aromatic N) is 2. The number of halogens is 1. The Hall–Kier alpha value is -1.66. The minimum Gasteiger partial charge on any atom is -0.386 e. The molecule has 0 aliphatic carbocycles. The lowest BCUT2D eigenvalue weighted by atomic mass is 9.96. The number of nitrogens with one attached hydrogen (secondary N) is 1. The molecule has 25 heavy (non-hydrogen) atoms. The summed E-state index contributed by atoms with van der Waals surface area (Å²) in [6, 6.07) is 6.28. The van der Waals surface area contributed by atoms with Gasteiger partial charge < -0.3 is 20.1 Å². The van der Waals surface area contributed by atoms with Crippen LogP contribution in [0.1, 0.15) is 37.9 Å². The first-order chi connectivity index (χ1) is 12.1. The summed E-state index contributed by atoms with van der Waals surface area (Å²) >= 11 is 0. The van der Waals surface area contributed by atoms with Gasteiger partial charge in [-0.05, 0) is 38.2 Å². The van der Waals surface area contributed by atoms with Crippen molar-refractivity contribution in [1.82, 2.24) is 10.2 Å². The van der Waals surface area contributed by atoms with Crippen molar-refractivity contribution in [2.45, 2.75) is 32.3 Å². The summed E-state index contributed by atoms with van der Waals surface area (Å²) in [4.78, 5) is 6.56. The number of aliphatic hydroxyl groups is 1. The Bertz CT molecular complexity index is 547. The van der Waals surface area contributed by atoms with E-state index in [1.165, 1.54) is 6.07 Å². The van der Waals surface area contributed by atoms with E-state index in [1.807, 2.05) is 14.0 Å². The van der Waals surface area contributed by atoms with Gasteiger partial charge in [0.25, 0.3) is 0 Å². The standard InChI is InChI=1S/C19H30FN3O2/c1-3-21-19(23(2)11-8-15-9-12-25-13-10-15)22-14-18(24)16-6-4-5-7-17(16)20/h4-7,15,18,24H,3,8-14H2,1-2H3,(H,21,22). The molecule has 2 rings (SSSR count). The van der Waals surface area contributed by atoms with Crippen LogP contribution in [0.5, 0.6) is 0 Å². The van der Waals surface area contributed by atoms with Crippen LogP contribution >= 0.6 is 0 Å². The van der Waals surface area contributed by atoms with Gasteiger partial charge in [0.2, 0.25) is 0 Å². The second kappa shape index (κ2) is 10.4. The maximum absolute atomic E-state index is 13.8. The average Bonchev–Trinajstić information content (AvgIpc) is 2.64. The molecular weight excluding hydrogens is 321 g/mol. The molecule has 0 radical (unpaired) electrons. The molecule has 140 valence electrons. The van der Waals surface area contributed by atoms with Crippen LogP contribution in [-0.4, -0.2) is 55.9 Å². The van der Waals surface area contributed by atoms with Gasteiger partial charge in [-0.2, -0.15) is 0 Å². The molecule has 1 aliphatic rings. The quantitative estimate of drug-likeness (QED) is 0.586. The molecule has 2 N–H and O–H groups in total. The minimum atomic E-state index is -0.946. The van der Waals surface area contributed by atoms with E-state index < -0.39 is 11.9 Å². The highest BCUT2D eigenvalue weighted by Gasteiger charge is 2.16. The van der Waals surface area contributed by atoms with Gasteiger partial charge in [0, 0.05) is 38.9 Å². The van der Waals surface area contributed by atoms with E-state index in [4.69, 9.17) is 4.74 Å². The molecule has 0 spiro atoms. The van der Waals surface area contributed by atoms with Gasteiger partial charge in [0.05, 0.1) is 6.54 Å². The molecule has 1 fully saturated rings. The molecule has 1 saturated heterocycles. The highest BCUT2D eigenvalue weighted by molar-refractivity contribution is 5.79. The Balaban J connectivity index is 1.90. The highest BCUT2D eigenvalue weighted by Crippen LogP contribution is 2.19. The Labute approximate surface area is 149 Å². The Morgan fingerprint density at radius 3 is 2.80 bits per heavy atom. The molecule has 0 aromatic heterocycles. The molecular formula is C19H30FN3O2. The Morgan fingerprint density at radius 2 is 2.12 bits per heavy atom. The van der Waals surface area contributed by atoms with Gasteiger partial charge in [0.1, 0.15) is 11.9 Å². The molecule has 1 unspecified atom stereocenters. The van der Waals surface area contributed by atoms with E-state index in [9.17, 15) is 9.50 Å². The zero-order chi connectivity index (χ0) is 18.1. The second-order valence-corrected chi connectivity index (χ2v) is 6.50. The van der Waals surface area contributed by atoms with Crippen molar-refractivity contribution >= 4 is 5.96 Å². The summed E-state index contributed by atoms with van der Waals surface area (Å²) in [5.41, 5.74) is 0.284. The maximum atomic E-state index is 13.8. The van der Waals surface area contributed by atoms with E-state index >= 15 is 0 Å². The van der Waals surface area contributed by atoms with Crippen molar-refractivity contribution in [2.75, 3.05) is 39.9 Å². The van der Waals surface area contributed by atoms with Crippen molar-refractivity contribution in [3.8, 4) is 0 Å². The summed E-state index contributed by atoms with van der Waals surface area (Å²) < 4.78 is 19.2. The monoisotopic (exact) mass is 351 g/mol. The van der Waals surface area contributed by atoms with Crippen molar-refractivity contribution in [3.05, 3.63) is 35.6 Å². The molecule has 1 aromatic rings. The van der Waals surface area contributed by atoms with Crippen LogP contribution in [-0.2, 0) is 4.74 Å². The third-order valence-corrected chi connectivity index (χ3v) is 4.59. The molecule has 0 amide bonds. The lowest BCUT2D eigenvalue weighted by Crippen LogP contribution is -2.40. The Kier molecular flexibility index (Phi) is 8.15. The summed E-state index contributed by atoms with van der Waals surface area (Å²) in [7, 11) is 2.00. The summed E-state index contributed by atoms with van der Waals surface area (Å²) in [5, 5.41) is 13.5. The van der Waals surface area contributed by atoms with Gasteiger partial charge in [-0.3, -0.25) is 4.99 Å². The third kappa shape index (κ3) is 6.29. The highest BCUT2D eigenvalue weighted by atomic mass is 19.1. The number of aliphatic imine (C=N–C) groups is 1. The van der Waals surface area contributed by atoms with Crippen LogP contribution in [0, 0.1) is 11.7 Å². The van der Waals surface area contributed by atoms with E-state index in [0.29, 0.717) is 5.92 Å². The van der Waals surface area contributed by atoms with Crippen molar-refractivity contribution in [1.29, 1.82) is 0 Å². The van der Waals surface area contributed by atoms with Crippen molar-refractivity contribution in [3.63, 3.8) is 0 Å². The van der Waals surface area contributed by atoms with Gasteiger partial charge >= 0.3 is 0 Å². The molecule has 1 heterocycles. The largest absolute Gasteiger partial charge is 0.386 e. The minimum absolute atomic E-state index is 0.130. The SMILES string of the molecule is CCNC(=NCC(O)c1ccccc1F)N(C)CCC1CCOCC1. The number of ether oxygens (including phenoxy) is 1. The summed E-state index contributed by atoms with van der Waals surface area (Å²) in [6.07, 6.45) is 2.39. The van der Waals surface area contributed by atoms with Crippen LogP contribution in [0.25, 0.3) is 0 Å². The van der Waals surface area contributed by atoms with Crippen LogP contribution in [0.4, 0.5) is 4.39 Å². The van der Waals surface area contributed by atoms with Crippen LogP contribution in [0.3, 0.4) is 0 Å². The normalized spacial score (nSPS) is 17.4. The Morgan fingerprint density at radius 1 is 1.40 bits per heavy atom. The maximum Gasteiger partial charge on any atom is 0.193 e. The number of rotatable bonds is 7. The van der Waals surface area contributed by atoms with Crippen LogP contribution < -0.4 is 5.32 Å². The molecule has 6 heteroatoms. The summed E-state index contributed by atoms with van der Waals surface area (Å²) in [6.45, 7) is 5.50. The smallest absolute Gasteiger partial charge is 0.193 e. The zero-order valence-electron chi connectivity index (χ0n) is 15.2. The van der Waals surface area contributed by atoms with Crippen molar-refractivity contribution < 1.29 is 14.2 Å². The second-order valence-electron chi connectivity index (χ2n) is 6.50. The van der Waals surface area contributed by atoms with Gasteiger partial charge in [-0.1, -0.05) is 18.2 Å². The molecule has 1 aliphatic heterocycles. The topological polar surface area (TPSA) is 57.1 Å². The first-order valence-electron chi connectivity index (χ1n) is 9.11. The predicted molar refractivity (Wildman–Crippen MR) is 98.1 cm³/mol.